The molecule has 0 bridgehead atoms. The molecule has 5 nitrogen and oxygen atoms in total. The Morgan fingerprint density at radius 3 is 2.60 bits per heavy atom. The molecule has 0 aliphatic heterocycles. The van der Waals surface area contributed by atoms with Gasteiger partial charge in [-0.15, -0.1) is 5.10 Å². The van der Waals surface area contributed by atoms with Crippen molar-refractivity contribution < 1.29 is 4.39 Å². The fourth-order valence-electron chi connectivity index (χ4n) is 2.01. The van der Waals surface area contributed by atoms with Crippen LogP contribution < -0.4 is 5.69 Å². The van der Waals surface area contributed by atoms with Crippen LogP contribution in [0.2, 0.25) is 0 Å². The lowest BCUT2D eigenvalue weighted by Gasteiger charge is -2.05. The monoisotopic (exact) mass is 270 g/mol. The number of halogens is 1. The van der Waals surface area contributed by atoms with E-state index in [0.717, 1.165) is 0 Å². The standard InChI is InChI=1S/C14H11FN4O/c1-18-14(20)19(12-5-7-16-8-6-12)13(17-18)10-3-2-4-11(15)9-10/h2-9H,1H3. The molecule has 0 spiro atoms. The number of hydrogen-bond donors (Lipinski definition) is 0. The average Bonchev–Trinajstić information content (AvgIpc) is 2.76. The van der Waals surface area contributed by atoms with Crippen LogP contribution in [0.15, 0.2) is 53.6 Å². The van der Waals surface area contributed by atoms with Crippen molar-refractivity contribution in [2.24, 2.45) is 7.05 Å². The van der Waals surface area contributed by atoms with Gasteiger partial charge in [0, 0.05) is 25.0 Å². The lowest BCUT2D eigenvalue weighted by atomic mass is 10.2. The van der Waals surface area contributed by atoms with Gasteiger partial charge in [-0.1, -0.05) is 12.1 Å². The second-order valence-electron chi connectivity index (χ2n) is 4.28. The molecule has 2 aromatic heterocycles. The van der Waals surface area contributed by atoms with Gasteiger partial charge in [-0.2, -0.15) is 0 Å². The maximum atomic E-state index is 13.4. The molecule has 0 unspecified atom stereocenters. The van der Waals surface area contributed by atoms with Crippen molar-refractivity contribution in [1.29, 1.82) is 0 Å². The number of nitrogens with zero attached hydrogens (tertiary/aromatic N) is 4. The highest BCUT2D eigenvalue weighted by Gasteiger charge is 2.15. The number of hydrogen-bond acceptors (Lipinski definition) is 3. The van der Waals surface area contributed by atoms with Gasteiger partial charge in [0.15, 0.2) is 5.82 Å². The van der Waals surface area contributed by atoms with Crippen LogP contribution in [-0.2, 0) is 7.05 Å². The van der Waals surface area contributed by atoms with Crippen molar-refractivity contribution >= 4 is 0 Å². The normalized spacial score (nSPS) is 10.7. The lowest BCUT2D eigenvalue weighted by molar-refractivity contribution is 0.628. The van der Waals surface area contributed by atoms with E-state index < -0.39 is 0 Å². The molecule has 3 rings (SSSR count). The molecule has 6 heteroatoms. The summed E-state index contributed by atoms with van der Waals surface area (Å²) in [7, 11) is 1.56. The summed E-state index contributed by atoms with van der Waals surface area (Å²) in [6.07, 6.45) is 3.17. The topological polar surface area (TPSA) is 52.7 Å². The number of pyridine rings is 1. The molecule has 0 aliphatic carbocycles. The zero-order chi connectivity index (χ0) is 14.1. The molecule has 0 amide bonds. The Bertz CT molecular complexity index is 808. The minimum atomic E-state index is -0.373. The van der Waals surface area contributed by atoms with Crippen LogP contribution in [0.4, 0.5) is 4.39 Å². The van der Waals surface area contributed by atoms with Crippen LogP contribution >= 0.6 is 0 Å². The maximum Gasteiger partial charge on any atom is 0.350 e. The summed E-state index contributed by atoms with van der Waals surface area (Å²) < 4.78 is 16.0. The van der Waals surface area contributed by atoms with Gasteiger partial charge in [-0.25, -0.2) is 18.4 Å². The zero-order valence-corrected chi connectivity index (χ0v) is 10.7. The molecule has 0 saturated heterocycles. The molecule has 0 radical (unpaired) electrons. The first kappa shape index (κ1) is 12.3. The first-order chi connectivity index (χ1) is 9.66. The van der Waals surface area contributed by atoms with Crippen LogP contribution in [0.25, 0.3) is 17.1 Å². The second kappa shape index (κ2) is 4.73. The van der Waals surface area contributed by atoms with E-state index >= 15 is 0 Å². The van der Waals surface area contributed by atoms with Crippen LogP contribution in [0.1, 0.15) is 0 Å². The van der Waals surface area contributed by atoms with Gasteiger partial charge in [0.2, 0.25) is 0 Å². The maximum absolute atomic E-state index is 13.4. The summed E-state index contributed by atoms with van der Waals surface area (Å²) in [6, 6.07) is 9.39. The number of rotatable bonds is 2. The van der Waals surface area contributed by atoms with E-state index in [1.54, 1.807) is 43.7 Å². The molecule has 20 heavy (non-hydrogen) atoms. The second-order valence-corrected chi connectivity index (χ2v) is 4.28. The first-order valence-electron chi connectivity index (χ1n) is 5.99. The Morgan fingerprint density at radius 1 is 1.15 bits per heavy atom. The Morgan fingerprint density at radius 2 is 1.90 bits per heavy atom. The van der Waals surface area contributed by atoms with Crippen molar-refractivity contribution in [3.63, 3.8) is 0 Å². The van der Waals surface area contributed by atoms with Gasteiger partial charge in [0.05, 0.1) is 5.69 Å². The minimum absolute atomic E-state index is 0.296. The Hall–Kier alpha value is -2.76. The molecule has 0 saturated carbocycles. The first-order valence-corrected chi connectivity index (χ1v) is 5.99. The molecule has 0 atom stereocenters. The summed E-state index contributed by atoms with van der Waals surface area (Å²) in [4.78, 5) is 16.1. The van der Waals surface area contributed by atoms with E-state index in [1.807, 2.05) is 0 Å². The van der Waals surface area contributed by atoms with Gasteiger partial charge in [-0.3, -0.25) is 4.98 Å². The Balaban J connectivity index is 2.28. The molecule has 0 fully saturated rings. The predicted molar refractivity (Wildman–Crippen MR) is 72.0 cm³/mol. The summed E-state index contributed by atoms with van der Waals surface area (Å²) in [5.41, 5.74) is 0.882. The summed E-state index contributed by atoms with van der Waals surface area (Å²) >= 11 is 0. The highest BCUT2D eigenvalue weighted by Crippen LogP contribution is 2.19. The largest absolute Gasteiger partial charge is 0.350 e. The molecule has 100 valence electrons. The molecule has 3 aromatic rings. The number of aryl methyl sites for hydroxylation is 1. The van der Waals surface area contributed by atoms with Crippen LogP contribution in [0.5, 0.6) is 0 Å². The van der Waals surface area contributed by atoms with E-state index in [2.05, 4.69) is 10.1 Å². The zero-order valence-electron chi connectivity index (χ0n) is 10.7. The molecule has 0 aliphatic rings. The third-order valence-corrected chi connectivity index (χ3v) is 2.93. The van der Waals surface area contributed by atoms with E-state index in [-0.39, 0.29) is 11.5 Å². The van der Waals surface area contributed by atoms with E-state index in [9.17, 15) is 9.18 Å². The molecule has 2 heterocycles. The number of aromatic nitrogens is 4. The Labute approximate surface area is 113 Å². The van der Waals surface area contributed by atoms with Crippen molar-refractivity contribution in [3.05, 3.63) is 65.1 Å². The van der Waals surface area contributed by atoms with E-state index in [0.29, 0.717) is 17.1 Å². The summed E-state index contributed by atoms with van der Waals surface area (Å²) in [5, 5.41) is 4.18. The highest BCUT2D eigenvalue weighted by molar-refractivity contribution is 5.57. The highest BCUT2D eigenvalue weighted by atomic mass is 19.1. The third-order valence-electron chi connectivity index (χ3n) is 2.93. The smallest absolute Gasteiger partial charge is 0.265 e. The fraction of sp³-hybridized carbons (Fsp3) is 0.0714. The molecular formula is C14H11FN4O. The minimum Gasteiger partial charge on any atom is -0.265 e. The van der Waals surface area contributed by atoms with Crippen molar-refractivity contribution in [2.75, 3.05) is 0 Å². The number of benzene rings is 1. The van der Waals surface area contributed by atoms with E-state index in [4.69, 9.17) is 0 Å². The summed E-state index contributed by atoms with van der Waals surface area (Å²) in [6.45, 7) is 0. The lowest BCUT2D eigenvalue weighted by Crippen LogP contribution is -2.21. The molecular weight excluding hydrogens is 259 g/mol. The van der Waals surface area contributed by atoms with Crippen molar-refractivity contribution in [2.45, 2.75) is 0 Å². The molecule has 0 N–H and O–H groups in total. The van der Waals surface area contributed by atoms with Crippen LogP contribution in [-0.4, -0.2) is 19.3 Å². The van der Waals surface area contributed by atoms with Gasteiger partial charge in [0.25, 0.3) is 0 Å². The SMILES string of the molecule is Cn1nc(-c2cccc(F)c2)n(-c2ccncc2)c1=O. The van der Waals surface area contributed by atoms with E-state index in [1.165, 1.54) is 21.4 Å². The third kappa shape index (κ3) is 2.01. The van der Waals surface area contributed by atoms with Crippen LogP contribution in [0.3, 0.4) is 0 Å². The molecule has 1 aromatic carbocycles. The summed E-state index contributed by atoms with van der Waals surface area (Å²) in [5.74, 6) is 0.0186. The average molecular weight is 270 g/mol. The van der Waals surface area contributed by atoms with Gasteiger partial charge < -0.3 is 0 Å². The van der Waals surface area contributed by atoms with Gasteiger partial charge in [-0.05, 0) is 24.3 Å². The predicted octanol–water partition coefficient (Wildman–Crippen LogP) is 1.77. The Kier molecular flexibility index (Phi) is 2.90. The van der Waals surface area contributed by atoms with Crippen LogP contribution in [0, 0.1) is 5.82 Å². The fourth-order valence-corrected chi connectivity index (χ4v) is 2.01. The van der Waals surface area contributed by atoms with Gasteiger partial charge >= 0.3 is 5.69 Å². The quantitative estimate of drug-likeness (QED) is 0.713. The van der Waals surface area contributed by atoms with Crippen molar-refractivity contribution in [1.82, 2.24) is 19.3 Å². The van der Waals surface area contributed by atoms with Gasteiger partial charge in [0.1, 0.15) is 5.82 Å². The van der Waals surface area contributed by atoms with Crippen molar-refractivity contribution in [3.8, 4) is 17.1 Å².